The van der Waals surface area contributed by atoms with Gasteiger partial charge in [-0.25, -0.2) is 9.59 Å². The second-order valence-corrected chi connectivity index (χ2v) is 8.49. The largest absolute Gasteiger partial charge is 0.490 e. The average molecular weight is 576 g/mol. The van der Waals surface area contributed by atoms with E-state index in [9.17, 15) is 32.7 Å². The highest BCUT2D eigenvalue weighted by Gasteiger charge is 2.38. The van der Waals surface area contributed by atoms with Gasteiger partial charge in [-0.1, -0.05) is 60.7 Å². The molecule has 0 unspecified atom stereocenters. The first-order chi connectivity index (χ1) is 19.3. The van der Waals surface area contributed by atoms with E-state index in [-0.39, 0.29) is 31.0 Å². The van der Waals surface area contributed by atoms with Crippen LogP contribution in [0.25, 0.3) is 11.3 Å². The Morgan fingerprint density at radius 1 is 0.927 bits per heavy atom. The number of benzene rings is 2. The van der Waals surface area contributed by atoms with Crippen molar-refractivity contribution in [2.45, 2.75) is 31.6 Å². The molecule has 218 valence electrons. The zero-order valence-electron chi connectivity index (χ0n) is 21.5. The summed E-state index contributed by atoms with van der Waals surface area (Å²) >= 11 is 0. The van der Waals surface area contributed by atoms with Crippen LogP contribution in [0.3, 0.4) is 0 Å². The van der Waals surface area contributed by atoms with Crippen molar-refractivity contribution in [1.82, 2.24) is 9.88 Å². The molecule has 3 rings (SSSR count). The molecule has 0 spiro atoms. The van der Waals surface area contributed by atoms with Crippen LogP contribution >= 0.6 is 0 Å². The molecule has 1 heterocycles. The lowest BCUT2D eigenvalue weighted by atomic mass is 10.1. The van der Waals surface area contributed by atoms with E-state index in [1.54, 1.807) is 6.07 Å². The summed E-state index contributed by atoms with van der Waals surface area (Å²) < 4.78 is 33.3. The Hall–Kier alpha value is -5.14. The minimum Gasteiger partial charge on any atom is -0.480 e. The van der Waals surface area contributed by atoms with Crippen LogP contribution in [-0.2, 0) is 16.1 Å². The van der Waals surface area contributed by atoms with Crippen molar-refractivity contribution in [3.63, 3.8) is 0 Å². The van der Waals surface area contributed by atoms with E-state index in [1.165, 1.54) is 10.6 Å². The van der Waals surface area contributed by atoms with Crippen LogP contribution in [-0.4, -0.2) is 57.3 Å². The molecule has 1 amide bonds. The van der Waals surface area contributed by atoms with E-state index < -0.39 is 35.6 Å². The number of halogens is 3. The van der Waals surface area contributed by atoms with E-state index in [4.69, 9.17) is 21.4 Å². The van der Waals surface area contributed by atoms with Gasteiger partial charge >= 0.3 is 18.1 Å². The van der Waals surface area contributed by atoms with Crippen molar-refractivity contribution in [3.8, 4) is 11.3 Å². The molecule has 0 aliphatic carbocycles. The maximum Gasteiger partial charge on any atom is 0.490 e. The van der Waals surface area contributed by atoms with E-state index >= 15 is 0 Å². The lowest BCUT2D eigenvalue weighted by Gasteiger charge is -2.17. The summed E-state index contributed by atoms with van der Waals surface area (Å²) in [6.45, 7) is 0.490. The molecule has 0 radical (unpaired) electrons. The number of aliphatic carboxylic acids is 2. The lowest BCUT2D eigenvalue weighted by Crippen LogP contribution is -2.43. The van der Waals surface area contributed by atoms with Crippen LogP contribution in [0, 0.1) is 0 Å². The Morgan fingerprint density at radius 3 is 2.00 bits per heavy atom. The van der Waals surface area contributed by atoms with Gasteiger partial charge in [0.15, 0.2) is 5.96 Å². The van der Waals surface area contributed by atoms with Crippen molar-refractivity contribution >= 4 is 23.8 Å². The summed E-state index contributed by atoms with van der Waals surface area (Å²) in [7, 11) is 0. The quantitative estimate of drug-likeness (QED) is 0.138. The second kappa shape index (κ2) is 14.9. The third-order valence-electron chi connectivity index (χ3n) is 5.46. The number of carbonyl (C=O) groups is 3. The predicted molar refractivity (Wildman–Crippen MR) is 144 cm³/mol. The molecule has 0 fully saturated rings. The second-order valence-electron chi connectivity index (χ2n) is 8.49. The summed E-state index contributed by atoms with van der Waals surface area (Å²) in [5.41, 5.74) is 12.3. The van der Waals surface area contributed by atoms with Crippen molar-refractivity contribution in [1.29, 1.82) is 0 Å². The number of carboxylic acid groups (broad SMARTS) is 2. The lowest BCUT2D eigenvalue weighted by molar-refractivity contribution is -0.192. The predicted octanol–water partition coefficient (Wildman–Crippen LogP) is 2.43. The van der Waals surface area contributed by atoms with Gasteiger partial charge in [0, 0.05) is 6.54 Å². The number of pyridine rings is 1. The molecule has 7 N–H and O–H groups in total. The van der Waals surface area contributed by atoms with Crippen LogP contribution in [0.1, 0.15) is 28.8 Å². The Morgan fingerprint density at radius 2 is 1.49 bits per heavy atom. The number of aromatic nitrogens is 1. The van der Waals surface area contributed by atoms with Crippen molar-refractivity contribution in [3.05, 3.63) is 94.3 Å². The molecule has 11 nitrogen and oxygen atoms in total. The Labute approximate surface area is 231 Å². The number of carboxylic acids is 2. The van der Waals surface area contributed by atoms with Crippen molar-refractivity contribution in [2.24, 2.45) is 16.5 Å². The van der Waals surface area contributed by atoms with Crippen molar-refractivity contribution in [2.75, 3.05) is 6.54 Å². The van der Waals surface area contributed by atoms with Gasteiger partial charge < -0.3 is 31.6 Å². The fourth-order valence-electron chi connectivity index (χ4n) is 3.53. The number of alkyl halides is 3. The fourth-order valence-corrected chi connectivity index (χ4v) is 3.53. The Kier molecular flexibility index (Phi) is 11.6. The van der Waals surface area contributed by atoms with E-state index in [1.807, 2.05) is 60.7 Å². The normalized spacial score (nSPS) is 11.4. The topological polar surface area (TPSA) is 190 Å². The molecular formula is C27H28F3N5O6. The Balaban J connectivity index is 0.000000745. The molecule has 0 saturated carbocycles. The first kappa shape index (κ1) is 32.1. The van der Waals surface area contributed by atoms with Crippen LogP contribution in [0.2, 0.25) is 0 Å². The average Bonchev–Trinajstić information content (AvgIpc) is 2.92. The number of rotatable bonds is 10. The molecule has 14 heteroatoms. The van der Waals surface area contributed by atoms with Crippen LogP contribution in [0.4, 0.5) is 13.2 Å². The van der Waals surface area contributed by atoms with Crippen molar-refractivity contribution < 1.29 is 37.8 Å². The number of hydrogen-bond donors (Lipinski definition) is 5. The molecule has 3 aromatic rings. The van der Waals surface area contributed by atoms with E-state index in [2.05, 4.69) is 10.3 Å². The first-order valence-electron chi connectivity index (χ1n) is 12.0. The summed E-state index contributed by atoms with van der Waals surface area (Å²) in [4.78, 5) is 50.7. The zero-order valence-corrected chi connectivity index (χ0v) is 21.5. The number of nitrogens with zero attached hydrogens (tertiary/aromatic N) is 2. The number of nitrogens with two attached hydrogens (primary N) is 2. The van der Waals surface area contributed by atoms with Gasteiger partial charge in [-0.05, 0) is 36.1 Å². The molecule has 0 bridgehead atoms. The summed E-state index contributed by atoms with van der Waals surface area (Å²) in [6, 6.07) is 20.7. The number of hydrogen-bond acceptors (Lipinski definition) is 5. The molecule has 1 aromatic heterocycles. The summed E-state index contributed by atoms with van der Waals surface area (Å²) in [5, 5.41) is 19.1. The summed E-state index contributed by atoms with van der Waals surface area (Å²) in [5.74, 6) is -4.80. The monoisotopic (exact) mass is 575 g/mol. The highest BCUT2D eigenvalue weighted by atomic mass is 19.4. The minimum atomic E-state index is -5.08. The highest BCUT2D eigenvalue weighted by Crippen LogP contribution is 2.19. The Bertz CT molecular complexity index is 1420. The molecule has 0 aliphatic heterocycles. The van der Waals surface area contributed by atoms with Crippen LogP contribution < -0.4 is 22.3 Å². The van der Waals surface area contributed by atoms with E-state index in [0.717, 1.165) is 11.1 Å². The molecular weight excluding hydrogens is 547 g/mol. The fraction of sp³-hybridized carbons (Fsp3) is 0.222. The molecule has 0 saturated heterocycles. The standard InChI is InChI=1S/C25H27N5O4.C2HF3O2/c26-25(27)28-15-7-12-20(24(33)34)29-22(31)19-13-14-21(18-10-5-2-6-11-18)30(23(19)32)16-17-8-3-1-4-9-17;3-2(4,5)1(6)7/h1-6,8-11,13-14,20H,7,12,15-16H2,(H,29,31)(H,33,34)(H4,26,27,28);(H,6,7)/t20-;/m0./s1. The number of nitrogens with one attached hydrogen (secondary N) is 1. The number of carbonyl (C=O) groups excluding carboxylic acids is 1. The molecule has 0 aliphatic rings. The van der Waals surface area contributed by atoms with Crippen LogP contribution in [0.15, 0.2) is 82.6 Å². The van der Waals surface area contributed by atoms with E-state index in [0.29, 0.717) is 12.1 Å². The molecule has 41 heavy (non-hydrogen) atoms. The van der Waals surface area contributed by atoms with Gasteiger partial charge in [-0.15, -0.1) is 0 Å². The maximum atomic E-state index is 13.4. The number of aliphatic imine (C=N–C) groups is 1. The molecule has 2 aromatic carbocycles. The van der Waals surface area contributed by atoms with Gasteiger partial charge in [0.05, 0.1) is 12.2 Å². The summed E-state index contributed by atoms with van der Waals surface area (Å²) in [6.07, 6.45) is -4.63. The SMILES string of the molecule is NC(N)=NCCC[C@H](NC(=O)c1ccc(-c2ccccc2)n(Cc2ccccc2)c1=O)C(=O)O.O=C(O)C(F)(F)F. The van der Waals surface area contributed by atoms with Gasteiger partial charge in [0.25, 0.3) is 11.5 Å². The minimum absolute atomic E-state index is 0.0895. The third kappa shape index (κ3) is 10.2. The van der Waals surface area contributed by atoms with Crippen LogP contribution in [0.5, 0.6) is 0 Å². The van der Waals surface area contributed by atoms with Gasteiger partial charge in [0.2, 0.25) is 0 Å². The van der Waals surface area contributed by atoms with Gasteiger partial charge in [0.1, 0.15) is 11.6 Å². The van der Waals surface area contributed by atoms with Gasteiger partial charge in [-0.3, -0.25) is 14.6 Å². The molecule has 1 atom stereocenters. The highest BCUT2D eigenvalue weighted by molar-refractivity contribution is 5.96. The smallest absolute Gasteiger partial charge is 0.480 e. The first-order valence-corrected chi connectivity index (χ1v) is 12.0. The van der Waals surface area contributed by atoms with Gasteiger partial charge in [-0.2, -0.15) is 13.2 Å². The third-order valence-corrected chi connectivity index (χ3v) is 5.46. The maximum absolute atomic E-state index is 13.4. The zero-order chi connectivity index (χ0) is 30.6. The number of amides is 1. The number of guanidine groups is 1.